The highest BCUT2D eigenvalue weighted by Gasteiger charge is 2.06. The molecule has 1 aromatic carbocycles. The molecular weight excluding hydrogens is 254 g/mol. The summed E-state index contributed by atoms with van der Waals surface area (Å²) >= 11 is 1.02. The van der Waals surface area contributed by atoms with Gasteiger partial charge in [0.1, 0.15) is 11.5 Å². The van der Waals surface area contributed by atoms with Crippen LogP contribution in [0.2, 0.25) is 0 Å². The van der Waals surface area contributed by atoms with Crippen molar-refractivity contribution in [1.82, 2.24) is 0 Å². The Morgan fingerprint density at radius 1 is 1.33 bits per heavy atom. The summed E-state index contributed by atoms with van der Waals surface area (Å²) in [5.41, 5.74) is 5.33. The molecule has 0 aromatic heterocycles. The van der Waals surface area contributed by atoms with Crippen molar-refractivity contribution in [2.75, 3.05) is 12.4 Å². The number of rotatable bonds is 5. The normalized spacial score (nSPS) is 11.1. The highest BCUT2D eigenvalue weighted by Crippen LogP contribution is 2.18. The maximum Gasteiger partial charge on any atom is 0.321 e. The topological polar surface area (TPSA) is 99.9 Å². The quantitative estimate of drug-likeness (QED) is 0.206. The Labute approximate surface area is 109 Å². The van der Waals surface area contributed by atoms with E-state index in [2.05, 4.69) is 5.10 Å². The molecule has 4 N–H and O–H groups in total. The minimum atomic E-state index is -0.421. The first-order chi connectivity index (χ1) is 8.65. The lowest BCUT2D eigenvalue weighted by atomic mass is 10.3. The van der Waals surface area contributed by atoms with Crippen LogP contribution in [-0.4, -0.2) is 23.5 Å². The molecular formula is C11H15N3O3S. The van der Waals surface area contributed by atoms with E-state index in [1.165, 1.54) is 0 Å². The van der Waals surface area contributed by atoms with Gasteiger partial charge < -0.3 is 21.1 Å². The first-order valence-corrected chi connectivity index (χ1v) is 6.24. The highest BCUT2D eigenvalue weighted by molar-refractivity contribution is 8.14. The molecule has 0 radical (unpaired) electrons. The van der Waals surface area contributed by atoms with Crippen LogP contribution in [0.5, 0.6) is 11.5 Å². The molecule has 0 heterocycles. The fourth-order valence-corrected chi connectivity index (χ4v) is 1.50. The molecule has 0 saturated carbocycles. The van der Waals surface area contributed by atoms with Crippen LogP contribution in [0.15, 0.2) is 29.4 Å². The number of nitrogens with two attached hydrogens (primary N) is 2. The van der Waals surface area contributed by atoms with E-state index < -0.39 is 5.97 Å². The molecule has 7 heteroatoms. The fraction of sp³-hybridized carbons (Fsp3) is 0.273. The second-order valence-electron chi connectivity index (χ2n) is 3.13. The van der Waals surface area contributed by atoms with Gasteiger partial charge in [-0.1, -0.05) is 11.8 Å². The third kappa shape index (κ3) is 4.96. The van der Waals surface area contributed by atoms with Gasteiger partial charge >= 0.3 is 5.97 Å². The number of nitrogens with zero attached hydrogens (tertiary/aromatic N) is 1. The third-order valence-corrected chi connectivity index (χ3v) is 2.61. The summed E-state index contributed by atoms with van der Waals surface area (Å²) < 4.78 is 10.3. The molecule has 98 valence electrons. The van der Waals surface area contributed by atoms with Crippen molar-refractivity contribution in [2.45, 2.75) is 6.92 Å². The molecule has 0 atom stereocenters. The molecule has 0 aliphatic heterocycles. The molecule has 0 aliphatic carbocycles. The minimum absolute atomic E-state index is 0.0553. The Morgan fingerprint density at radius 3 is 2.50 bits per heavy atom. The van der Waals surface area contributed by atoms with Gasteiger partial charge in [0.05, 0.1) is 12.4 Å². The molecule has 1 aromatic rings. The predicted molar refractivity (Wildman–Crippen MR) is 71.5 cm³/mol. The van der Waals surface area contributed by atoms with Crippen LogP contribution < -0.4 is 21.1 Å². The second-order valence-corrected chi connectivity index (χ2v) is 4.13. The van der Waals surface area contributed by atoms with Gasteiger partial charge in [0.2, 0.25) is 0 Å². The molecule has 0 fully saturated rings. The maximum absolute atomic E-state index is 11.4. The largest absolute Gasteiger partial charge is 0.494 e. The van der Waals surface area contributed by atoms with Crippen molar-refractivity contribution >= 4 is 22.9 Å². The van der Waals surface area contributed by atoms with Gasteiger partial charge in [0.25, 0.3) is 0 Å². The minimum Gasteiger partial charge on any atom is -0.494 e. The molecule has 0 aliphatic rings. The molecule has 18 heavy (non-hydrogen) atoms. The average Bonchev–Trinajstić information content (AvgIpc) is 2.38. The van der Waals surface area contributed by atoms with Crippen molar-refractivity contribution in [3.8, 4) is 11.5 Å². The lowest BCUT2D eigenvalue weighted by Gasteiger charge is -2.05. The summed E-state index contributed by atoms with van der Waals surface area (Å²) in [6.07, 6.45) is 0. The van der Waals surface area contributed by atoms with E-state index in [0.29, 0.717) is 12.4 Å². The second kappa shape index (κ2) is 7.44. The van der Waals surface area contributed by atoms with E-state index in [1.807, 2.05) is 6.92 Å². The molecule has 0 saturated heterocycles. The Bertz CT molecular complexity index is 420. The standard InChI is InChI=1S/C11H15N3O3S/c1-2-16-8-3-5-9(6-4-8)17-10(15)7-18-11(12)14-13/h3-6H,2,7,13H2,1H3,(H2,12,14). The number of hydrogen-bond donors (Lipinski definition) is 2. The summed E-state index contributed by atoms with van der Waals surface area (Å²) in [5, 5.41) is 3.37. The number of thioether (sulfide) groups is 1. The van der Waals surface area contributed by atoms with Crippen molar-refractivity contribution in [2.24, 2.45) is 16.7 Å². The van der Waals surface area contributed by atoms with Crippen molar-refractivity contribution < 1.29 is 14.3 Å². The molecule has 0 unspecified atom stereocenters. The van der Waals surface area contributed by atoms with Crippen LogP contribution in [0.3, 0.4) is 0 Å². The zero-order valence-electron chi connectivity index (χ0n) is 9.96. The van der Waals surface area contributed by atoms with Gasteiger partial charge in [-0.05, 0) is 31.2 Å². The highest BCUT2D eigenvalue weighted by atomic mass is 32.2. The lowest BCUT2D eigenvalue weighted by Crippen LogP contribution is -2.16. The van der Waals surface area contributed by atoms with Crippen LogP contribution >= 0.6 is 11.8 Å². The first-order valence-electron chi connectivity index (χ1n) is 5.25. The molecule has 6 nitrogen and oxygen atoms in total. The van der Waals surface area contributed by atoms with Crippen LogP contribution in [-0.2, 0) is 4.79 Å². The van der Waals surface area contributed by atoms with E-state index >= 15 is 0 Å². The zero-order chi connectivity index (χ0) is 13.4. The zero-order valence-corrected chi connectivity index (χ0v) is 10.8. The number of ether oxygens (including phenoxy) is 2. The summed E-state index contributed by atoms with van der Waals surface area (Å²) in [4.78, 5) is 11.4. The van der Waals surface area contributed by atoms with E-state index in [9.17, 15) is 4.79 Å². The Hall–Kier alpha value is -1.89. The number of esters is 1. The van der Waals surface area contributed by atoms with Gasteiger partial charge in [-0.15, -0.1) is 0 Å². The first kappa shape index (κ1) is 14.2. The van der Waals surface area contributed by atoms with E-state index in [-0.39, 0.29) is 10.9 Å². The number of amidine groups is 1. The SMILES string of the molecule is CCOc1ccc(OC(=O)CSC(N)=NN)cc1. The van der Waals surface area contributed by atoms with Crippen LogP contribution in [0.4, 0.5) is 0 Å². The Kier molecular flexibility index (Phi) is 5.86. The van der Waals surface area contributed by atoms with Crippen LogP contribution in [0, 0.1) is 0 Å². The molecule has 1 rings (SSSR count). The predicted octanol–water partition coefficient (Wildman–Crippen LogP) is 0.912. The average molecular weight is 269 g/mol. The summed E-state index contributed by atoms with van der Waals surface area (Å²) in [7, 11) is 0. The summed E-state index contributed by atoms with van der Waals surface area (Å²) in [6.45, 7) is 2.49. The van der Waals surface area contributed by atoms with Gasteiger partial charge in [-0.3, -0.25) is 4.79 Å². The van der Waals surface area contributed by atoms with E-state index in [4.69, 9.17) is 21.1 Å². The summed E-state index contributed by atoms with van der Waals surface area (Å²) in [5.74, 6) is 5.75. The number of benzene rings is 1. The van der Waals surface area contributed by atoms with Gasteiger partial charge in [-0.2, -0.15) is 5.10 Å². The van der Waals surface area contributed by atoms with Crippen molar-refractivity contribution in [3.05, 3.63) is 24.3 Å². The molecule has 0 amide bonds. The number of hydrogen-bond acceptors (Lipinski definition) is 6. The van der Waals surface area contributed by atoms with Gasteiger partial charge in [0.15, 0.2) is 5.17 Å². The number of hydrazone groups is 1. The van der Waals surface area contributed by atoms with E-state index in [0.717, 1.165) is 17.5 Å². The Morgan fingerprint density at radius 2 is 1.94 bits per heavy atom. The molecule has 0 bridgehead atoms. The summed E-state index contributed by atoms with van der Waals surface area (Å²) in [6, 6.07) is 6.78. The van der Waals surface area contributed by atoms with Gasteiger partial charge in [0, 0.05) is 0 Å². The molecule has 0 spiro atoms. The third-order valence-electron chi connectivity index (χ3n) is 1.83. The van der Waals surface area contributed by atoms with Gasteiger partial charge in [-0.25, -0.2) is 0 Å². The van der Waals surface area contributed by atoms with Crippen molar-refractivity contribution in [1.29, 1.82) is 0 Å². The van der Waals surface area contributed by atoms with Crippen LogP contribution in [0.25, 0.3) is 0 Å². The monoisotopic (exact) mass is 269 g/mol. The van der Waals surface area contributed by atoms with Crippen LogP contribution in [0.1, 0.15) is 6.92 Å². The lowest BCUT2D eigenvalue weighted by molar-refractivity contribution is -0.131. The van der Waals surface area contributed by atoms with E-state index in [1.54, 1.807) is 24.3 Å². The Balaban J connectivity index is 2.44. The maximum atomic E-state index is 11.4. The fourth-order valence-electron chi connectivity index (χ4n) is 1.10. The van der Waals surface area contributed by atoms with Crippen molar-refractivity contribution in [3.63, 3.8) is 0 Å². The number of carbonyl (C=O) groups excluding carboxylic acids is 1. The smallest absolute Gasteiger partial charge is 0.321 e. The number of carbonyl (C=O) groups is 1.